The summed E-state index contributed by atoms with van der Waals surface area (Å²) in [7, 11) is 0. The molecule has 1 atom stereocenters. The zero-order valence-corrected chi connectivity index (χ0v) is 14.8. The van der Waals surface area contributed by atoms with Gasteiger partial charge in [-0.05, 0) is 38.3 Å². The summed E-state index contributed by atoms with van der Waals surface area (Å²) in [6, 6.07) is 8.31. The third kappa shape index (κ3) is 3.24. The standard InChI is InChI=1S/C20H24N4O/c1-14-17-7-3-4-8-18(17)25-19(14)15(2)21-11-16-12-22-20(23-13-16)24-9-5-6-10-24/h3-4,7-8,12-13,15,21H,5-6,9-11H2,1-2H3. The minimum atomic E-state index is 0.130. The maximum Gasteiger partial charge on any atom is 0.225 e. The molecule has 1 saturated heterocycles. The molecule has 0 bridgehead atoms. The lowest BCUT2D eigenvalue weighted by molar-refractivity contribution is 0.447. The SMILES string of the molecule is Cc1c(C(C)NCc2cnc(N3CCCC3)nc2)oc2ccccc12. The molecule has 1 unspecified atom stereocenters. The Balaban J connectivity index is 1.42. The Labute approximate surface area is 148 Å². The van der Waals surface area contributed by atoms with Crippen LogP contribution >= 0.6 is 0 Å². The van der Waals surface area contributed by atoms with Gasteiger partial charge in [0.05, 0.1) is 6.04 Å². The molecule has 1 N–H and O–H groups in total. The van der Waals surface area contributed by atoms with Crippen LogP contribution < -0.4 is 10.2 Å². The lowest BCUT2D eigenvalue weighted by Gasteiger charge is -2.15. The van der Waals surface area contributed by atoms with Gasteiger partial charge in [0, 0.05) is 43.0 Å². The van der Waals surface area contributed by atoms with E-state index in [1.54, 1.807) is 0 Å². The Bertz CT molecular complexity index is 850. The molecule has 0 aliphatic carbocycles. The average Bonchev–Trinajstić information content (AvgIpc) is 3.29. The molecule has 2 aromatic heterocycles. The van der Waals surface area contributed by atoms with Gasteiger partial charge in [-0.2, -0.15) is 0 Å². The molecule has 1 aliphatic rings. The number of hydrogen-bond donors (Lipinski definition) is 1. The van der Waals surface area contributed by atoms with Gasteiger partial charge in [-0.25, -0.2) is 9.97 Å². The van der Waals surface area contributed by atoms with Crippen molar-refractivity contribution in [2.45, 2.75) is 39.3 Å². The van der Waals surface area contributed by atoms with Gasteiger partial charge >= 0.3 is 0 Å². The third-order valence-electron chi connectivity index (χ3n) is 4.97. The molecule has 25 heavy (non-hydrogen) atoms. The highest BCUT2D eigenvalue weighted by molar-refractivity contribution is 5.82. The summed E-state index contributed by atoms with van der Waals surface area (Å²) in [5.41, 5.74) is 3.24. The number of nitrogens with zero attached hydrogens (tertiary/aromatic N) is 3. The largest absolute Gasteiger partial charge is 0.459 e. The molecule has 0 amide bonds. The van der Waals surface area contributed by atoms with E-state index in [9.17, 15) is 0 Å². The lowest BCUT2D eigenvalue weighted by Crippen LogP contribution is -2.21. The maximum absolute atomic E-state index is 6.04. The fourth-order valence-electron chi connectivity index (χ4n) is 3.49. The van der Waals surface area contributed by atoms with Gasteiger partial charge in [-0.1, -0.05) is 18.2 Å². The normalized spacial score (nSPS) is 15.8. The molecule has 3 aromatic rings. The topological polar surface area (TPSA) is 54.2 Å². The number of aromatic nitrogens is 2. The Morgan fingerprint density at radius 3 is 2.60 bits per heavy atom. The summed E-state index contributed by atoms with van der Waals surface area (Å²) < 4.78 is 6.04. The van der Waals surface area contributed by atoms with Crippen LogP contribution in [-0.4, -0.2) is 23.1 Å². The summed E-state index contributed by atoms with van der Waals surface area (Å²) >= 11 is 0. The number of para-hydroxylation sites is 1. The molecule has 1 aromatic carbocycles. The van der Waals surface area contributed by atoms with E-state index >= 15 is 0 Å². The van der Waals surface area contributed by atoms with Gasteiger partial charge in [0.25, 0.3) is 0 Å². The smallest absolute Gasteiger partial charge is 0.225 e. The molecule has 1 fully saturated rings. The predicted octanol–water partition coefficient (Wildman–Crippen LogP) is 3.98. The van der Waals surface area contributed by atoms with Gasteiger partial charge in [-0.3, -0.25) is 0 Å². The number of anilines is 1. The van der Waals surface area contributed by atoms with Crippen molar-refractivity contribution in [2.75, 3.05) is 18.0 Å². The first kappa shape index (κ1) is 16.1. The van der Waals surface area contributed by atoms with Crippen molar-refractivity contribution < 1.29 is 4.42 Å². The Kier molecular flexibility index (Phi) is 4.40. The maximum atomic E-state index is 6.04. The van der Waals surface area contributed by atoms with Crippen LogP contribution in [0.4, 0.5) is 5.95 Å². The second-order valence-electron chi connectivity index (χ2n) is 6.78. The van der Waals surface area contributed by atoms with E-state index in [0.29, 0.717) is 0 Å². The molecule has 3 heterocycles. The van der Waals surface area contributed by atoms with E-state index in [1.807, 2.05) is 30.6 Å². The third-order valence-corrected chi connectivity index (χ3v) is 4.97. The summed E-state index contributed by atoms with van der Waals surface area (Å²) in [5, 5.41) is 4.70. The number of aryl methyl sites for hydroxylation is 1. The first-order valence-corrected chi connectivity index (χ1v) is 8.99. The fraction of sp³-hybridized carbons (Fsp3) is 0.400. The number of fused-ring (bicyclic) bond motifs is 1. The van der Waals surface area contributed by atoms with Crippen LogP contribution in [0.15, 0.2) is 41.1 Å². The summed E-state index contributed by atoms with van der Waals surface area (Å²) in [6.45, 7) is 7.11. The van der Waals surface area contributed by atoms with Crippen LogP contribution in [0.2, 0.25) is 0 Å². The van der Waals surface area contributed by atoms with E-state index in [1.165, 1.54) is 23.8 Å². The zero-order valence-electron chi connectivity index (χ0n) is 14.8. The number of nitrogens with one attached hydrogen (secondary N) is 1. The summed E-state index contributed by atoms with van der Waals surface area (Å²) in [4.78, 5) is 11.3. The quantitative estimate of drug-likeness (QED) is 0.764. The second-order valence-corrected chi connectivity index (χ2v) is 6.78. The monoisotopic (exact) mass is 336 g/mol. The molecule has 4 rings (SSSR count). The molecular formula is C20H24N4O. The zero-order chi connectivity index (χ0) is 17.2. The van der Waals surface area contributed by atoms with Crippen LogP contribution in [-0.2, 0) is 6.54 Å². The summed E-state index contributed by atoms with van der Waals surface area (Å²) in [5.74, 6) is 1.85. The molecular weight excluding hydrogens is 312 g/mol. The van der Waals surface area contributed by atoms with Crippen LogP contribution in [0, 0.1) is 6.92 Å². The Morgan fingerprint density at radius 1 is 1.16 bits per heavy atom. The van der Waals surface area contributed by atoms with Crippen molar-refractivity contribution >= 4 is 16.9 Å². The van der Waals surface area contributed by atoms with E-state index in [0.717, 1.165) is 42.5 Å². The minimum Gasteiger partial charge on any atom is -0.459 e. The van der Waals surface area contributed by atoms with Crippen molar-refractivity contribution in [3.63, 3.8) is 0 Å². The van der Waals surface area contributed by atoms with Gasteiger partial charge in [-0.15, -0.1) is 0 Å². The van der Waals surface area contributed by atoms with Gasteiger partial charge < -0.3 is 14.6 Å². The van der Waals surface area contributed by atoms with E-state index in [2.05, 4.69) is 40.1 Å². The number of hydrogen-bond acceptors (Lipinski definition) is 5. The Hall–Kier alpha value is -2.40. The van der Waals surface area contributed by atoms with E-state index in [-0.39, 0.29) is 6.04 Å². The van der Waals surface area contributed by atoms with Crippen LogP contribution in [0.25, 0.3) is 11.0 Å². The van der Waals surface area contributed by atoms with Crippen molar-refractivity contribution in [3.8, 4) is 0 Å². The van der Waals surface area contributed by atoms with E-state index < -0.39 is 0 Å². The second kappa shape index (κ2) is 6.84. The highest BCUT2D eigenvalue weighted by Crippen LogP contribution is 2.29. The number of furan rings is 1. The van der Waals surface area contributed by atoms with Crippen LogP contribution in [0.5, 0.6) is 0 Å². The van der Waals surface area contributed by atoms with Crippen molar-refractivity contribution in [3.05, 3.63) is 53.5 Å². The molecule has 130 valence electrons. The van der Waals surface area contributed by atoms with Crippen molar-refractivity contribution in [2.24, 2.45) is 0 Å². The van der Waals surface area contributed by atoms with Crippen LogP contribution in [0.1, 0.15) is 42.7 Å². The van der Waals surface area contributed by atoms with E-state index in [4.69, 9.17) is 4.42 Å². The Morgan fingerprint density at radius 2 is 1.88 bits per heavy atom. The van der Waals surface area contributed by atoms with Crippen LogP contribution in [0.3, 0.4) is 0 Å². The highest BCUT2D eigenvalue weighted by Gasteiger charge is 2.17. The van der Waals surface area contributed by atoms with Gasteiger partial charge in [0.15, 0.2) is 0 Å². The fourth-order valence-corrected chi connectivity index (χ4v) is 3.49. The van der Waals surface area contributed by atoms with Crippen molar-refractivity contribution in [1.29, 1.82) is 0 Å². The number of rotatable bonds is 5. The molecule has 0 spiro atoms. The van der Waals surface area contributed by atoms with Gasteiger partial charge in [0.1, 0.15) is 11.3 Å². The average molecular weight is 336 g/mol. The molecule has 5 nitrogen and oxygen atoms in total. The first-order chi connectivity index (χ1) is 12.2. The van der Waals surface area contributed by atoms with Gasteiger partial charge in [0.2, 0.25) is 5.95 Å². The van der Waals surface area contributed by atoms with Crippen molar-refractivity contribution in [1.82, 2.24) is 15.3 Å². The minimum absolute atomic E-state index is 0.130. The molecule has 1 aliphatic heterocycles. The first-order valence-electron chi connectivity index (χ1n) is 8.99. The molecule has 0 saturated carbocycles. The summed E-state index contributed by atoms with van der Waals surface area (Å²) in [6.07, 6.45) is 6.32. The number of benzene rings is 1. The molecule has 0 radical (unpaired) electrons. The predicted molar refractivity (Wildman–Crippen MR) is 99.7 cm³/mol. The highest BCUT2D eigenvalue weighted by atomic mass is 16.3. The molecule has 5 heteroatoms. The lowest BCUT2D eigenvalue weighted by atomic mass is 10.1.